The number of anilines is 1. The molecule has 0 aromatic heterocycles. The molecule has 27 heavy (non-hydrogen) atoms. The summed E-state index contributed by atoms with van der Waals surface area (Å²) in [4.78, 5) is 23.8. The largest absolute Gasteiger partial charge is 0.455 e. The summed E-state index contributed by atoms with van der Waals surface area (Å²) in [5.41, 5.74) is 0.176. The maximum Gasteiger partial charge on any atom is 0.309 e. The Kier molecular flexibility index (Phi) is 6.08. The molecule has 1 aromatic rings. The van der Waals surface area contributed by atoms with Crippen molar-refractivity contribution in [1.29, 1.82) is 0 Å². The number of nitrogens with zero attached hydrogens (tertiary/aromatic N) is 1. The van der Waals surface area contributed by atoms with Gasteiger partial charge in [0.2, 0.25) is 10.0 Å². The van der Waals surface area contributed by atoms with Crippen LogP contribution in [-0.4, -0.2) is 44.3 Å². The molecule has 0 bridgehead atoms. The van der Waals surface area contributed by atoms with Crippen molar-refractivity contribution in [3.8, 4) is 0 Å². The monoisotopic (exact) mass is 414 g/mol. The highest BCUT2D eigenvalue weighted by Crippen LogP contribution is 2.38. The maximum absolute atomic E-state index is 12.8. The Morgan fingerprint density at radius 1 is 1.26 bits per heavy atom. The SMILES string of the molecule is C[C@@H]1C[C@@H]1C(=O)OCC(=O)Nc1cc(S(=O)(=O)N2CCCCC2)ccc1Cl. The standard InChI is InChI=1S/C18H23ClN2O5S/c1-12-9-14(12)18(23)26-11-17(22)20-16-10-13(5-6-15(16)19)27(24,25)21-7-3-2-4-8-21/h5-6,10,12,14H,2-4,7-9,11H2,1H3,(H,20,22)/t12-,14+/m1/s1. The number of amides is 1. The first-order chi connectivity index (χ1) is 12.8. The number of hydrogen-bond acceptors (Lipinski definition) is 5. The van der Waals surface area contributed by atoms with Crippen LogP contribution in [0.1, 0.15) is 32.6 Å². The third-order valence-corrected chi connectivity index (χ3v) is 7.15. The molecule has 1 aliphatic carbocycles. The molecule has 0 radical (unpaired) electrons. The van der Waals surface area contributed by atoms with E-state index in [-0.39, 0.29) is 27.5 Å². The molecule has 9 heteroatoms. The van der Waals surface area contributed by atoms with Crippen LogP contribution in [0.25, 0.3) is 0 Å². The number of benzene rings is 1. The van der Waals surface area contributed by atoms with Crippen LogP contribution in [0.3, 0.4) is 0 Å². The van der Waals surface area contributed by atoms with Gasteiger partial charge >= 0.3 is 5.97 Å². The van der Waals surface area contributed by atoms with E-state index in [1.165, 1.54) is 22.5 Å². The molecular formula is C18H23ClN2O5S. The second-order valence-electron chi connectivity index (χ2n) is 7.08. The van der Waals surface area contributed by atoms with Crippen LogP contribution < -0.4 is 5.32 Å². The smallest absolute Gasteiger partial charge is 0.309 e. The molecule has 2 aliphatic rings. The summed E-state index contributed by atoms with van der Waals surface area (Å²) in [6.45, 7) is 2.49. The molecule has 1 saturated heterocycles. The molecule has 2 fully saturated rings. The van der Waals surface area contributed by atoms with Crippen molar-refractivity contribution >= 4 is 39.2 Å². The molecule has 1 amide bonds. The second kappa shape index (κ2) is 8.16. The molecule has 7 nitrogen and oxygen atoms in total. The molecule has 1 aromatic carbocycles. The fourth-order valence-corrected chi connectivity index (χ4v) is 4.80. The number of rotatable bonds is 6. The van der Waals surface area contributed by atoms with Crippen molar-refractivity contribution in [3.05, 3.63) is 23.2 Å². The van der Waals surface area contributed by atoms with Crippen molar-refractivity contribution in [3.63, 3.8) is 0 Å². The zero-order valence-electron chi connectivity index (χ0n) is 15.1. The second-order valence-corrected chi connectivity index (χ2v) is 9.43. The Morgan fingerprint density at radius 3 is 2.56 bits per heavy atom. The van der Waals surface area contributed by atoms with E-state index in [1.54, 1.807) is 0 Å². The van der Waals surface area contributed by atoms with Gasteiger partial charge in [-0.3, -0.25) is 9.59 Å². The molecule has 2 atom stereocenters. The van der Waals surface area contributed by atoms with E-state index >= 15 is 0 Å². The van der Waals surface area contributed by atoms with E-state index in [0.29, 0.717) is 19.0 Å². The first-order valence-electron chi connectivity index (χ1n) is 9.05. The number of hydrogen-bond donors (Lipinski definition) is 1. The maximum atomic E-state index is 12.8. The topological polar surface area (TPSA) is 92.8 Å². The van der Waals surface area contributed by atoms with Gasteiger partial charge in [-0.1, -0.05) is 24.9 Å². The van der Waals surface area contributed by atoms with Gasteiger partial charge in [-0.15, -0.1) is 0 Å². The summed E-state index contributed by atoms with van der Waals surface area (Å²) in [5, 5.41) is 2.73. The summed E-state index contributed by atoms with van der Waals surface area (Å²) in [6.07, 6.45) is 3.47. The number of nitrogens with one attached hydrogen (secondary N) is 1. The van der Waals surface area contributed by atoms with Crippen molar-refractivity contribution in [2.75, 3.05) is 25.0 Å². The predicted molar refractivity (Wildman–Crippen MR) is 101 cm³/mol. The zero-order chi connectivity index (χ0) is 19.6. The van der Waals surface area contributed by atoms with Crippen LogP contribution in [0.4, 0.5) is 5.69 Å². The van der Waals surface area contributed by atoms with Gasteiger partial charge in [0, 0.05) is 13.1 Å². The van der Waals surface area contributed by atoms with Gasteiger partial charge in [0.1, 0.15) is 0 Å². The number of sulfonamides is 1. The van der Waals surface area contributed by atoms with E-state index < -0.39 is 22.5 Å². The Morgan fingerprint density at radius 2 is 1.93 bits per heavy atom. The molecule has 148 valence electrons. The van der Waals surface area contributed by atoms with E-state index in [0.717, 1.165) is 25.7 Å². The van der Waals surface area contributed by atoms with Gasteiger partial charge in [-0.25, -0.2) is 8.42 Å². The normalized spacial score (nSPS) is 22.9. The Hall–Kier alpha value is -1.64. The van der Waals surface area contributed by atoms with Crippen LogP contribution in [0.2, 0.25) is 5.02 Å². The van der Waals surface area contributed by atoms with Gasteiger partial charge in [-0.2, -0.15) is 4.31 Å². The van der Waals surface area contributed by atoms with Crippen molar-refractivity contribution < 1.29 is 22.7 Å². The molecule has 3 rings (SSSR count). The average molecular weight is 415 g/mol. The Bertz CT molecular complexity index is 836. The zero-order valence-corrected chi connectivity index (χ0v) is 16.7. The average Bonchev–Trinajstić information content (AvgIpc) is 3.39. The number of carbonyl (C=O) groups excluding carboxylic acids is 2. The van der Waals surface area contributed by atoms with Gasteiger partial charge in [0.25, 0.3) is 5.91 Å². The Labute approximate surface area is 164 Å². The van der Waals surface area contributed by atoms with Crippen molar-refractivity contribution in [2.24, 2.45) is 11.8 Å². The summed E-state index contributed by atoms with van der Waals surface area (Å²) >= 11 is 6.09. The molecule has 1 aliphatic heterocycles. The highest BCUT2D eigenvalue weighted by molar-refractivity contribution is 7.89. The van der Waals surface area contributed by atoms with E-state index in [2.05, 4.69) is 5.32 Å². The van der Waals surface area contributed by atoms with Crippen LogP contribution in [0.5, 0.6) is 0 Å². The summed E-state index contributed by atoms with van der Waals surface area (Å²) in [7, 11) is -3.63. The molecule has 0 unspecified atom stereocenters. The lowest BCUT2D eigenvalue weighted by molar-refractivity contribution is -0.148. The van der Waals surface area contributed by atoms with E-state index in [9.17, 15) is 18.0 Å². The lowest BCUT2D eigenvalue weighted by atomic mass is 10.2. The lowest BCUT2D eigenvalue weighted by Crippen LogP contribution is -2.35. The molecule has 1 N–H and O–H groups in total. The van der Waals surface area contributed by atoms with Gasteiger partial charge in [0.15, 0.2) is 6.61 Å². The number of esters is 1. The highest BCUT2D eigenvalue weighted by Gasteiger charge is 2.40. The molecule has 1 saturated carbocycles. The van der Waals surface area contributed by atoms with Crippen LogP contribution in [0.15, 0.2) is 23.1 Å². The first kappa shape index (κ1) is 20.1. The summed E-state index contributed by atoms with van der Waals surface area (Å²) in [6, 6.07) is 4.21. The summed E-state index contributed by atoms with van der Waals surface area (Å²) in [5.74, 6) is -0.776. The number of piperidine rings is 1. The lowest BCUT2D eigenvalue weighted by Gasteiger charge is -2.26. The molecule has 1 heterocycles. The van der Waals surface area contributed by atoms with Gasteiger partial charge in [-0.05, 0) is 43.4 Å². The number of ether oxygens (including phenoxy) is 1. The van der Waals surface area contributed by atoms with Crippen LogP contribution in [0, 0.1) is 11.8 Å². The fraction of sp³-hybridized carbons (Fsp3) is 0.556. The third kappa shape index (κ3) is 4.80. The van der Waals surface area contributed by atoms with Crippen LogP contribution >= 0.6 is 11.6 Å². The predicted octanol–water partition coefficient (Wildman–Crippen LogP) is 2.65. The van der Waals surface area contributed by atoms with Crippen molar-refractivity contribution in [2.45, 2.75) is 37.5 Å². The van der Waals surface area contributed by atoms with E-state index in [1.807, 2.05) is 6.92 Å². The minimum Gasteiger partial charge on any atom is -0.455 e. The van der Waals surface area contributed by atoms with Gasteiger partial charge in [0.05, 0.1) is 21.5 Å². The number of halogens is 1. The Balaban J connectivity index is 1.66. The van der Waals surface area contributed by atoms with Crippen molar-refractivity contribution in [1.82, 2.24) is 4.31 Å². The quantitative estimate of drug-likeness (QED) is 0.722. The fourth-order valence-electron chi connectivity index (χ4n) is 3.10. The third-order valence-electron chi connectivity index (χ3n) is 4.92. The summed E-state index contributed by atoms with van der Waals surface area (Å²) < 4.78 is 32.0. The highest BCUT2D eigenvalue weighted by atomic mass is 35.5. The van der Waals surface area contributed by atoms with Crippen LogP contribution in [-0.2, 0) is 24.3 Å². The minimum absolute atomic E-state index is 0.0768. The molecular weight excluding hydrogens is 392 g/mol. The van der Waals surface area contributed by atoms with Gasteiger partial charge < -0.3 is 10.1 Å². The van der Waals surface area contributed by atoms with E-state index in [4.69, 9.17) is 16.3 Å². The molecule has 0 spiro atoms. The minimum atomic E-state index is -3.63. The first-order valence-corrected chi connectivity index (χ1v) is 10.9. The number of carbonyl (C=O) groups is 2.